The molecule has 0 aliphatic carbocycles. The van der Waals surface area contributed by atoms with E-state index in [0.29, 0.717) is 5.56 Å². The Kier molecular flexibility index (Phi) is 3.97. The van der Waals surface area contributed by atoms with Crippen molar-refractivity contribution in [2.24, 2.45) is 10.3 Å². The Labute approximate surface area is 91.6 Å². The minimum Gasteiger partial charge on any atom is -0.410 e. The molecule has 0 radical (unpaired) electrons. The van der Waals surface area contributed by atoms with Crippen molar-refractivity contribution in [3.8, 4) is 0 Å². The number of nitrogens with zero attached hydrogens (tertiary/aromatic N) is 4. The van der Waals surface area contributed by atoms with E-state index in [1.807, 2.05) is 19.1 Å². The van der Waals surface area contributed by atoms with E-state index >= 15 is 0 Å². The quantitative estimate of drug-likeness (QED) is 0.210. The van der Waals surface area contributed by atoms with Gasteiger partial charge in [0.1, 0.15) is 6.04 Å². The Morgan fingerprint density at radius 1 is 1.47 bits per heavy atom. The molecule has 1 atom stereocenters. The zero-order chi connectivity index (χ0) is 11.3. The number of azide groups is 1. The van der Waals surface area contributed by atoms with Gasteiger partial charge in [0.2, 0.25) is 0 Å². The molecule has 1 N–H and O–H groups in total. The zero-order valence-corrected chi connectivity index (χ0v) is 8.76. The molecule has 0 heterocycles. The minimum atomic E-state index is -0.776. The average Bonchev–Trinajstić information content (AvgIpc) is 2.26. The maximum Gasteiger partial charge on any atom is 0.158 e. The van der Waals surface area contributed by atoms with Crippen LogP contribution in [0.25, 0.3) is 10.4 Å². The smallest absolute Gasteiger partial charge is 0.158 e. The summed E-state index contributed by atoms with van der Waals surface area (Å²) in [6.45, 7) is 1.94. The van der Waals surface area contributed by atoms with Crippen molar-refractivity contribution in [2.45, 2.75) is 13.0 Å². The van der Waals surface area contributed by atoms with Crippen LogP contribution in [-0.2, 0) is 0 Å². The molecule has 1 unspecified atom stereocenters. The number of hydrogen-bond donors (Lipinski definition) is 1. The molecule has 0 bridgehead atoms. The van der Waals surface area contributed by atoms with E-state index in [4.69, 9.17) is 22.3 Å². The van der Waals surface area contributed by atoms with Crippen molar-refractivity contribution < 1.29 is 5.21 Å². The first-order chi connectivity index (χ1) is 7.19. The van der Waals surface area contributed by atoms with Crippen molar-refractivity contribution in [3.63, 3.8) is 0 Å². The van der Waals surface area contributed by atoms with Crippen LogP contribution in [-0.4, -0.2) is 10.4 Å². The van der Waals surface area contributed by atoms with Crippen LogP contribution < -0.4 is 0 Å². The van der Waals surface area contributed by atoms with Gasteiger partial charge < -0.3 is 5.21 Å². The van der Waals surface area contributed by atoms with Crippen LogP contribution in [0.1, 0.15) is 17.2 Å². The Bertz CT molecular complexity index is 409. The highest BCUT2D eigenvalue weighted by molar-refractivity contribution is 6.66. The second-order valence-corrected chi connectivity index (χ2v) is 3.33. The summed E-state index contributed by atoms with van der Waals surface area (Å²) in [7, 11) is 0. The van der Waals surface area contributed by atoms with Crippen molar-refractivity contribution in [1.29, 1.82) is 0 Å². The number of hydrogen-bond acceptors (Lipinski definition) is 3. The average molecular weight is 225 g/mol. The lowest BCUT2D eigenvalue weighted by atomic mass is 10.1. The summed E-state index contributed by atoms with van der Waals surface area (Å²) < 4.78 is 0. The van der Waals surface area contributed by atoms with Gasteiger partial charge in [-0.25, -0.2) is 0 Å². The van der Waals surface area contributed by atoms with E-state index < -0.39 is 6.04 Å². The normalized spacial score (nSPS) is 13.1. The van der Waals surface area contributed by atoms with E-state index in [1.54, 1.807) is 12.1 Å². The molecule has 0 aliphatic rings. The van der Waals surface area contributed by atoms with Crippen LogP contribution in [0, 0.1) is 6.92 Å². The van der Waals surface area contributed by atoms with Crippen molar-refractivity contribution in [3.05, 3.63) is 45.8 Å². The lowest BCUT2D eigenvalue weighted by Gasteiger charge is -2.08. The molecule has 1 rings (SSSR count). The monoisotopic (exact) mass is 224 g/mol. The van der Waals surface area contributed by atoms with E-state index in [2.05, 4.69) is 15.2 Å². The Morgan fingerprint density at radius 2 is 2.07 bits per heavy atom. The van der Waals surface area contributed by atoms with E-state index in [0.717, 1.165) is 5.56 Å². The minimum absolute atomic E-state index is 0.156. The van der Waals surface area contributed by atoms with Gasteiger partial charge in [0.15, 0.2) is 5.17 Å². The fourth-order valence-corrected chi connectivity index (χ4v) is 1.28. The van der Waals surface area contributed by atoms with Crippen LogP contribution in [0.4, 0.5) is 0 Å². The number of rotatable bonds is 3. The van der Waals surface area contributed by atoms with Gasteiger partial charge in [-0.2, -0.15) is 0 Å². The van der Waals surface area contributed by atoms with Gasteiger partial charge >= 0.3 is 0 Å². The van der Waals surface area contributed by atoms with Gasteiger partial charge in [0.25, 0.3) is 0 Å². The molecule has 0 fully saturated rings. The van der Waals surface area contributed by atoms with Gasteiger partial charge in [-0.1, -0.05) is 51.7 Å². The Balaban J connectivity index is 3.10. The highest BCUT2D eigenvalue weighted by Gasteiger charge is 2.15. The molecule has 0 saturated carbocycles. The Morgan fingerprint density at radius 3 is 2.53 bits per heavy atom. The lowest BCUT2D eigenvalue weighted by Crippen LogP contribution is -2.03. The molecule has 5 nitrogen and oxygen atoms in total. The third-order valence-corrected chi connectivity index (χ3v) is 2.16. The molecule has 0 saturated heterocycles. The topological polar surface area (TPSA) is 81.4 Å². The number of benzene rings is 1. The maximum absolute atomic E-state index is 8.52. The van der Waals surface area contributed by atoms with Crippen LogP contribution in [0.2, 0.25) is 0 Å². The van der Waals surface area contributed by atoms with Crippen molar-refractivity contribution in [1.82, 2.24) is 0 Å². The molecule has 78 valence electrons. The van der Waals surface area contributed by atoms with Gasteiger partial charge in [-0.05, 0) is 18.0 Å². The SMILES string of the molecule is Cc1ccc(C(N=[N+]=[N-])/C(Cl)=N/O)cc1. The van der Waals surface area contributed by atoms with Gasteiger partial charge in [-0.15, -0.1) is 0 Å². The summed E-state index contributed by atoms with van der Waals surface area (Å²) in [6, 6.07) is 6.47. The first-order valence-corrected chi connectivity index (χ1v) is 4.55. The van der Waals surface area contributed by atoms with E-state index in [-0.39, 0.29) is 5.17 Å². The summed E-state index contributed by atoms with van der Waals surface area (Å²) in [5.74, 6) is 0. The molecule has 6 heteroatoms. The third-order valence-electron chi connectivity index (χ3n) is 1.88. The number of halogens is 1. The molecule has 0 aromatic heterocycles. The fraction of sp³-hybridized carbons (Fsp3) is 0.222. The summed E-state index contributed by atoms with van der Waals surface area (Å²) in [5, 5.41) is 14.6. The predicted octanol–water partition coefficient (Wildman–Crippen LogP) is 3.37. The van der Waals surface area contributed by atoms with Crippen LogP contribution in [0.3, 0.4) is 0 Å². The predicted molar refractivity (Wildman–Crippen MR) is 58.1 cm³/mol. The molecule has 15 heavy (non-hydrogen) atoms. The van der Waals surface area contributed by atoms with Gasteiger partial charge in [-0.3, -0.25) is 0 Å². The second kappa shape index (κ2) is 5.24. The van der Waals surface area contributed by atoms with Crippen molar-refractivity contribution >= 4 is 16.8 Å². The molecule has 0 spiro atoms. The van der Waals surface area contributed by atoms with E-state index in [1.165, 1.54) is 0 Å². The summed E-state index contributed by atoms with van der Waals surface area (Å²) in [4.78, 5) is 2.65. The van der Waals surface area contributed by atoms with Gasteiger partial charge in [0, 0.05) is 4.91 Å². The lowest BCUT2D eigenvalue weighted by molar-refractivity contribution is 0.318. The first-order valence-electron chi connectivity index (χ1n) is 4.17. The Hall–Kier alpha value is -1.71. The number of oxime groups is 1. The van der Waals surface area contributed by atoms with Crippen LogP contribution in [0.15, 0.2) is 34.5 Å². The first kappa shape index (κ1) is 11.4. The summed E-state index contributed by atoms with van der Waals surface area (Å²) in [6.07, 6.45) is 0. The molecular formula is C9H9ClN4O. The number of aryl methyl sites for hydroxylation is 1. The van der Waals surface area contributed by atoms with E-state index in [9.17, 15) is 0 Å². The molecule has 0 amide bonds. The summed E-state index contributed by atoms with van der Waals surface area (Å²) >= 11 is 5.62. The molecule has 0 aliphatic heterocycles. The third kappa shape index (κ3) is 2.87. The molecular weight excluding hydrogens is 216 g/mol. The van der Waals surface area contributed by atoms with Gasteiger partial charge in [0.05, 0.1) is 0 Å². The zero-order valence-electron chi connectivity index (χ0n) is 8.00. The van der Waals surface area contributed by atoms with Crippen molar-refractivity contribution in [2.75, 3.05) is 0 Å². The fourth-order valence-electron chi connectivity index (χ4n) is 1.11. The summed E-state index contributed by atoms with van der Waals surface area (Å²) in [5.41, 5.74) is 10.1. The molecule has 1 aromatic carbocycles. The largest absolute Gasteiger partial charge is 0.410 e. The second-order valence-electron chi connectivity index (χ2n) is 2.94. The van der Waals surface area contributed by atoms with Crippen LogP contribution in [0.5, 0.6) is 0 Å². The maximum atomic E-state index is 8.52. The van der Waals surface area contributed by atoms with Crippen LogP contribution >= 0.6 is 11.6 Å². The molecule has 1 aromatic rings. The highest BCUT2D eigenvalue weighted by atomic mass is 35.5. The standard InChI is InChI=1S/C9H9ClN4O/c1-6-2-4-7(5-3-6)8(12-14-11)9(10)13-15/h2-5,8,15H,1H3/b13-9-. The highest BCUT2D eigenvalue weighted by Crippen LogP contribution is 2.21.